The summed E-state index contributed by atoms with van der Waals surface area (Å²) in [5.74, 6) is 1.10. The SMILES string of the molecule is Cc1cc(OC(=S)N=C(N)c2ccccc2)c(C)cc1CCN1CCCC1. The van der Waals surface area contributed by atoms with Gasteiger partial charge in [0.25, 0.3) is 5.17 Å². The smallest absolute Gasteiger partial charge is 0.290 e. The van der Waals surface area contributed by atoms with E-state index in [4.69, 9.17) is 22.7 Å². The summed E-state index contributed by atoms with van der Waals surface area (Å²) in [5.41, 5.74) is 10.5. The van der Waals surface area contributed by atoms with Crippen LogP contribution in [-0.4, -0.2) is 35.5 Å². The summed E-state index contributed by atoms with van der Waals surface area (Å²) < 4.78 is 5.80. The molecule has 1 saturated heterocycles. The van der Waals surface area contributed by atoms with Gasteiger partial charge in [-0.25, -0.2) is 0 Å². The molecule has 2 aromatic carbocycles. The van der Waals surface area contributed by atoms with Gasteiger partial charge in [0.05, 0.1) is 0 Å². The van der Waals surface area contributed by atoms with E-state index in [1.807, 2.05) is 37.3 Å². The predicted molar refractivity (Wildman–Crippen MR) is 116 cm³/mol. The fraction of sp³-hybridized carbons (Fsp3) is 0.364. The van der Waals surface area contributed by atoms with Gasteiger partial charge in [0, 0.05) is 12.1 Å². The molecular formula is C22H27N3OS. The number of nitrogens with zero attached hydrogens (tertiary/aromatic N) is 2. The maximum atomic E-state index is 6.02. The van der Waals surface area contributed by atoms with Crippen LogP contribution in [0.5, 0.6) is 5.75 Å². The fourth-order valence-electron chi connectivity index (χ4n) is 3.40. The molecular weight excluding hydrogens is 354 g/mol. The van der Waals surface area contributed by atoms with Crippen molar-refractivity contribution in [1.29, 1.82) is 0 Å². The van der Waals surface area contributed by atoms with Crippen LogP contribution in [0, 0.1) is 13.8 Å². The van der Waals surface area contributed by atoms with Crippen LogP contribution in [0.1, 0.15) is 35.1 Å². The van der Waals surface area contributed by atoms with E-state index in [0.29, 0.717) is 5.84 Å². The van der Waals surface area contributed by atoms with Gasteiger partial charge in [0.15, 0.2) is 0 Å². The van der Waals surface area contributed by atoms with Gasteiger partial charge in [-0.3, -0.25) is 0 Å². The highest BCUT2D eigenvalue weighted by Gasteiger charge is 2.13. The normalized spacial score (nSPS) is 15.1. The second-order valence-corrected chi connectivity index (χ2v) is 7.42. The molecule has 2 N–H and O–H groups in total. The lowest BCUT2D eigenvalue weighted by Crippen LogP contribution is -2.22. The van der Waals surface area contributed by atoms with E-state index in [9.17, 15) is 0 Å². The monoisotopic (exact) mass is 381 g/mol. The fourth-order valence-corrected chi connectivity index (χ4v) is 3.59. The molecule has 142 valence electrons. The minimum atomic E-state index is 0.128. The zero-order valence-corrected chi connectivity index (χ0v) is 16.9. The zero-order valence-electron chi connectivity index (χ0n) is 16.1. The molecule has 3 rings (SSSR count). The molecule has 0 spiro atoms. The Bertz CT molecular complexity index is 827. The van der Waals surface area contributed by atoms with E-state index >= 15 is 0 Å². The number of ether oxygens (including phenoxy) is 1. The number of thiocarbonyl (C=S) groups is 1. The van der Waals surface area contributed by atoms with Crippen molar-refractivity contribution in [3.8, 4) is 5.75 Å². The molecule has 0 unspecified atom stereocenters. The van der Waals surface area contributed by atoms with Crippen LogP contribution in [-0.2, 0) is 6.42 Å². The molecule has 0 aromatic heterocycles. The van der Waals surface area contributed by atoms with Gasteiger partial charge in [-0.2, -0.15) is 4.99 Å². The summed E-state index contributed by atoms with van der Waals surface area (Å²) >= 11 is 5.28. The molecule has 0 amide bonds. The number of hydrogen-bond donors (Lipinski definition) is 1. The third-order valence-electron chi connectivity index (χ3n) is 5.01. The van der Waals surface area contributed by atoms with Crippen molar-refractivity contribution in [2.24, 2.45) is 10.7 Å². The van der Waals surface area contributed by atoms with Crippen LogP contribution in [0.3, 0.4) is 0 Å². The Balaban J connectivity index is 1.66. The quantitative estimate of drug-likeness (QED) is 0.483. The molecule has 1 aliphatic heterocycles. The summed E-state index contributed by atoms with van der Waals surface area (Å²) in [5, 5.41) is 0.128. The lowest BCUT2D eigenvalue weighted by molar-refractivity contribution is 0.343. The molecule has 1 fully saturated rings. The lowest BCUT2D eigenvalue weighted by atomic mass is 10.0. The number of hydrogen-bond acceptors (Lipinski definition) is 3. The van der Waals surface area contributed by atoms with Gasteiger partial charge in [-0.15, -0.1) is 0 Å². The zero-order chi connectivity index (χ0) is 19.2. The maximum absolute atomic E-state index is 6.02. The lowest BCUT2D eigenvalue weighted by Gasteiger charge is -2.17. The maximum Gasteiger partial charge on any atom is 0.290 e. The summed E-state index contributed by atoms with van der Waals surface area (Å²) in [6, 6.07) is 13.8. The average molecular weight is 382 g/mol. The molecule has 0 bridgehead atoms. The van der Waals surface area contributed by atoms with Gasteiger partial charge in [-0.05, 0) is 81.2 Å². The van der Waals surface area contributed by atoms with Crippen molar-refractivity contribution < 1.29 is 4.74 Å². The Labute approximate surface area is 167 Å². The van der Waals surface area contributed by atoms with Crippen LogP contribution in [0.15, 0.2) is 47.5 Å². The summed E-state index contributed by atoms with van der Waals surface area (Å²) in [7, 11) is 0. The third-order valence-corrected chi connectivity index (χ3v) is 5.18. The molecule has 0 radical (unpaired) electrons. The van der Waals surface area contributed by atoms with Crippen LogP contribution < -0.4 is 10.5 Å². The van der Waals surface area contributed by atoms with E-state index in [0.717, 1.165) is 29.8 Å². The van der Waals surface area contributed by atoms with E-state index in [1.54, 1.807) is 0 Å². The molecule has 1 heterocycles. The second kappa shape index (κ2) is 9.11. The highest BCUT2D eigenvalue weighted by Crippen LogP contribution is 2.24. The summed E-state index contributed by atoms with van der Waals surface area (Å²) in [6.07, 6.45) is 3.72. The average Bonchev–Trinajstić information content (AvgIpc) is 3.17. The van der Waals surface area contributed by atoms with Gasteiger partial charge in [-0.1, -0.05) is 36.4 Å². The number of aryl methyl sites for hydroxylation is 2. The van der Waals surface area contributed by atoms with Crippen LogP contribution in [0.25, 0.3) is 0 Å². The minimum absolute atomic E-state index is 0.128. The third kappa shape index (κ3) is 5.37. The van der Waals surface area contributed by atoms with Crippen molar-refractivity contribution in [2.45, 2.75) is 33.1 Å². The Morgan fingerprint density at radius 3 is 2.52 bits per heavy atom. The molecule has 27 heavy (non-hydrogen) atoms. The highest BCUT2D eigenvalue weighted by molar-refractivity contribution is 7.80. The van der Waals surface area contributed by atoms with Gasteiger partial charge in [0.2, 0.25) is 0 Å². The molecule has 0 atom stereocenters. The number of nitrogens with two attached hydrogens (primary N) is 1. The molecule has 0 saturated carbocycles. The molecule has 2 aromatic rings. The Morgan fingerprint density at radius 1 is 1.11 bits per heavy atom. The minimum Gasteiger partial charge on any atom is -0.430 e. The van der Waals surface area contributed by atoms with E-state index < -0.39 is 0 Å². The largest absolute Gasteiger partial charge is 0.430 e. The van der Waals surface area contributed by atoms with Gasteiger partial charge < -0.3 is 15.4 Å². The summed E-state index contributed by atoms with van der Waals surface area (Å²) in [6.45, 7) is 7.75. The first-order valence-electron chi connectivity index (χ1n) is 9.47. The number of amidine groups is 1. The van der Waals surface area contributed by atoms with Gasteiger partial charge >= 0.3 is 0 Å². The molecule has 1 aliphatic rings. The number of aliphatic imine (C=N–C) groups is 1. The first-order chi connectivity index (χ1) is 13.0. The van der Waals surface area contributed by atoms with Crippen molar-refractivity contribution in [1.82, 2.24) is 4.90 Å². The molecule has 5 heteroatoms. The van der Waals surface area contributed by atoms with Crippen molar-refractivity contribution in [3.63, 3.8) is 0 Å². The Kier molecular flexibility index (Phi) is 6.58. The van der Waals surface area contributed by atoms with Crippen molar-refractivity contribution in [2.75, 3.05) is 19.6 Å². The topological polar surface area (TPSA) is 50.9 Å². The van der Waals surface area contributed by atoms with Gasteiger partial charge in [0.1, 0.15) is 11.6 Å². The standard InChI is InChI=1S/C22H27N3OS/c1-16-15-20(17(2)14-19(16)10-13-25-11-6-7-12-25)26-22(27)24-21(23)18-8-4-3-5-9-18/h3-5,8-9,14-15H,6-7,10-13H2,1-2H3,(H2,23,24,27). The second-order valence-electron chi connectivity index (χ2n) is 7.07. The van der Waals surface area contributed by atoms with Crippen LogP contribution in [0.2, 0.25) is 0 Å². The van der Waals surface area contributed by atoms with Crippen molar-refractivity contribution >= 4 is 23.2 Å². The van der Waals surface area contributed by atoms with E-state index in [1.165, 1.54) is 37.1 Å². The van der Waals surface area contributed by atoms with Crippen molar-refractivity contribution in [3.05, 3.63) is 64.7 Å². The van der Waals surface area contributed by atoms with Crippen LogP contribution >= 0.6 is 12.2 Å². The number of likely N-dealkylation sites (tertiary alicyclic amines) is 1. The first kappa shape index (κ1) is 19.5. The Hall–Kier alpha value is -2.24. The van der Waals surface area contributed by atoms with E-state index in [2.05, 4.69) is 28.9 Å². The number of rotatable bonds is 5. The highest BCUT2D eigenvalue weighted by atomic mass is 32.1. The first-order valence-corrected chi connectivity index (χ1v) is 9.87. The summed E-state index contributed by atoms with van der Waals surface area (Å²) in [4.78, 5) is 6.76. The Morgan fingerprint density at radius 2 is 1.81 bits per heavy atom. The number of benzene rings is 2. The predicted octanol–water partition coefficient (Wildman–Crippen LogP) is 4.01. The molecule has 4 nitrogen and oxygen atoms in total. The van der Waals surface area contributed by atoms with Crippen LogP contribution in [0.4, 0.5) is 0 Å². The van der Waals surface area contributed by atoms with E-state index in [-0.39, 0.29) is 5.17 Å². The molecule has 0 aliphatic carbocycles.